The molecule has 2 fully saturated rings. The molecule has 0 saturated heterocycles. The maximum Gasteiger partial charge on any atom is 0.164 e. The second-order valence-electron chi connectivity index (χ2n) is 14.6. The molecule has 5 aromatic carbocycles. The Kier molecular flexibility index (Phi) is 8.14. The third-order valence-corrected chi connectivity index (χ3v) is 10.8. The van der Waals surface area contributed by atoms with Gasteiger partial charge in [0.25, 0.3) is 0 Å². The smallest absolute Gasteiger partial charge is 0.164 e. The van der Waals surface area contributed by atoms with E-state index in [4.69, 9.17) is 15.0 Å². The topological polar surface area (TPSA) is 62.5 Å². The van der Waals surface area contributed by atoms with Crippen molar-refractivity contribution in [2.24, 2.45) is 17.8 Å². The van der Waals surface area contributed by atoms with E-state index in [0.717, 1.165) is 40.0 Å². The lowest BCUT2D eigenvalue weighted by Crippen LogP contribution is -2.38. The molecule has 0 N–H and O–H groups in total. The SMILES string of the molecule is C[C@@H]1CC2C[C@@H](C1)CC(C)(c1cccc(-c3ccccc3-c3cccc(-c4nc(-c5ccccc5)nc(-c5ccc(C#N)cc5)n4)c3)c1)C2. The summed E-state index contributed by atoms with van der Waals surface area (Å²) in [6.07, 6.45) is 6.77. The molecular weight excluding hydrogens is 597 g/mol. The molecule has 49 heavy (non-hydrogen) atoms. The first-order valence-electron chi connectivity index (χ1n) is 17.6. The zero-order chi connectivity index (χ0) is 33.4. The highest BCUT2D eigenvalue weighted by Crippen LogP contribution is 2.51. The molecule has 2 aliphatic rings. The van der Waals surface area contributed by atoms with Crippen LogP contribution >= 0.6 is 0 Å². The number of aromatic nitrogens is 3. The first-order valence-corrected chi connectivity index (χ1v) is 17.6. The summed E-state index contributed by atoms with van der Waals surface area (Å²) in [6, 6.07) is 46.2. The molecule has 2 unspecified atom stereocenters. The van der Waals surface area contributed by atoms with Crippen molar-refractivity contribution in [3.05, 3.63) is 139 Å². The molecule has 4 nitrogen and oxygen atoms in total. The Hall–Kier alpha value is -5.40. The highest BCUT2D eigenvalue weighted by molar-refractivity contribution is 5.85. The van der Waals surface area contributed by atoms with Crippen molar-refractivity contribution in [1.82, 2.24) is 15.0 Å². The van der Waals surface area contributed by atoms with Crippen LogP contribution in [0, 0.1) is 29.1 Å². The van der Waals surface area contributed by atoms with Gasteiger partial charge in [-0.2, -0.15) is 5.26 Å². The summed E-state index contributed by atoms with van der Waals surface area (Å²) >= 11 is 0. The van der Waals surface area contributed by atoms with Crippen molar-refractivity contribution in [3.63, 3.8) is 0 Å². The number of fused-ring (bicyclic) bond motifs is 2. The quantitative estimate of drug-likeness (QED) is 0.182. The molecule has 2 saturated carbocycles. The maximum absolute atomic E-state index is 9.33. The molecule has 1 aromatic heterocycles. The molecule has 0 aliphatic heterocycles. The number of rotatable bonds is 6. The number of hydrogen-bond donors (Lipinski definition) is 0. The summed E-state index contributed by atoms with van der Waals surface area (Å²) in [5, 5.41) is 9.33. The van der Waals surface area contributed by atoms with E-state index in [1.165, 1.54) is 54.4 Å². The van der Waals surface area contributed by atoms with Gasteiger partial charge in [0.1, 0.15) is 0 Å². The van der Waals surface area contributed by atoms with E-state index >= 15 is 0 Å². The molecule has 8 rings (SSSR count). The summed E-state index contributed by atoms with van der Waals surface area (Å²) in [7, 11) is 0. The van der Waals surface area contributed by atoms with Crippen molar-refractivity contribution in [2.45, 2.75) is 51.4 Å². The van der Waals surface area contributed by atoms with Gasteiger partial charge in [-0.1, -0.05) is 111 Å². The van der Waals surface area contributed by atoms with Gasteiger partial charge in [0.2, 0.25) is 0 Å². The molecule has 0 amide bonds. The Bertz CT molecular complexity index is 2140. The van der Waals surface area contributed by atoms with Gasteiger partial charge in [0.05, 0.1) is 11.6 Å². The van der Waals surface area contributed by atoms with Crippen LogP contribution in [0.2, 0.25) is 0 Å². The van der Waals surface area contributed by atoms with Crippen molar-refractivity contribution in [3.8, 4) is 62.5 Å². The van der Waals surface area contributed by atoms with E-state index < -0.39 is 0 Å². The summed E-state index contributed by atoms with van der Waals surface area (Å²) in [5.41, 5.74) is 9.78. The monoisotopic (exact) mass is 636 g/mol. The van der Waals surface area contributed by atoms with Gasteiger partial charge >= 0.3 is 0 Å². The van der Waals surface area contributed by atoms with Crippen LogP contribution in [0.5, 0.6) is 0 Å². The van der Waals surface area contributed by atoms with Crippen molar-refractivity contribution >= 4 is 0 Å². The molecule has 4 atom stereocenters. The number of nitrogens with zero attached hydrogens (tertiary/aromatic N) is 4. The number of nitriles is 1. The van der Waals surface area contributed by atoms with Crippen LogP contribution < -0.4 is 0 Å². The summed E-state index contributed by atoms with van der Waals surface area (Å²) in [4.78, 5) is 14.8. The van der Waals surface area contributed by atoms with Crippen molar-refractivity contribution < 1.29 is 0 Å². The zero-order valence-corrected chi connectivity index (χ0v) is 28.2. The third kappa shape index (κ3) is 6.30. The second kappa shape index (κ2) is 12.9. The Labute approximate surface area is 289 Å². The largest absolute Gasteiger partial charge is 0.208 e. The highest BCUT2D eigenvalue weighted by Gasteiger charge is 2.41. The lowest BCUT2D eigenvalue weighted by molar-refractivity contribution is 0.0899. The highest BCUT2D eigenvalue weighted by atomic mass is 15.0. The first kappa shape index (κ1) is 30.9. The summed E-state index contributed by atoms with van der Waals surface area (Å²) < 4.78 is 0. The predicted octanol–water partition coefficient (Wildman–Crippen LogP) is 11.2. The molecule has 0 spiro atoms. The van der Waals surface area contributed by atoms with Gasteiger partial charge in [0.15, 0.2) is 17.5 Å². The van der Waals surface area contributed by atoms with E-state index in [1.807, 2.05) is 42.5 Å². The summed E-state index contributed by atoms with van der Waals surface area (Å²) in [6.45, 7) is 4.97. The van der Waals surface area contributed by atoms with E-state index in [9.17, 15) is 5.26 Å². The maximum atomic E-state index is 9.33. The van der Waals surface area contributed by atoms with Gasteiger partial charge in [-0.05, 0) is 113 Å². The molecule has 240 valence electrons. The molecule has 6 aromatic rings. The fraction of sp³-hybridized carbons (Fsp3) is 0.244. The van der Waals surface area contributed by atoms with E-state index in [0.29, 0.717) is 23.0 Å². The minimum absolute atomic E-state index is 0.223. The fourth-order valence-corrected chi connectivity index (χ4v) is 8.74. The molecule has 4 heteroatoms. The van der Waals surface area contributed by atoms with Crippen LogP contribution in [-0.4, -0.2) is 15.0 Å². The van der Waals surface area contributed by atoms with Gasteiger partial charge in [-0.3, -0.25) is 0 Å². The Morgan fingerprint density at radius 3 is 1.69 bits per heavy atom. The summed E-state index contributed by atoms with van der Waals surface area (Å²) in [5.74, 6) is 4.36. The number of benzene rings is 5. The average Bonchev–Trinajstić information content (AvgIpc) is 3.14. The molecule has 2 bridgehead atoms. The van der Waals surface area contributed by atoms with Crippen LogP contribution in [0.15, 0.2) is 127 Å². The van der Waals surface area contributed by atoms with Gasteiger partial charge in [-0.15, -0.1) is 0 Å². The van der Waals surface area contributed by atoms with E-state index in [1.54, 1.807) is 12.1 Å². The van der Waals surface area contributed by atoms with Crippen molar-refractivity contribution in [2.75, 3.05) is 0 Å². The molecular formula is C45H40N4. The molecule has 2 aliphatic carbocycles. The minimum atomic E-state index is 0.223. The van der Waals surface area contributed by atoms with E-state index in [2.05, 4.69) is 92.7 Å². The average molecular weight is 637 g/mol. The van der Waals surface area contributed by atoms with Gasteiger partial charge in [-0.25, -0.2) is 15.0 Å². The molecule has 1 heterocycles. The standard InChI is InChI=1S/C45H40N4/c1-30-22-32-24-33(23-30)28-45(2,27-32)39-15-9-13-37(26-39)41-17-7-6-16-40(41)36-12-8-14-38(25-36)44-48-42(34-10-4-3-5-11-34)47-43(49-44)35-20-18-31(29-46)19-21-35/h3-21,25-26,30,32-33H,22-24,27-28H2,1-2H3/t30-,32+,33?,45?/m0/s1. The van der Waals surface area contributed by atoms with Gasteiger partial charge in [0, 0.05) is 16.7 Å². The van der Waals surface area contributed by atoms with Crippen LogP contribution in [0.4, 0.5) is 0 Å². The van der Waals surface area contributed by atoms with E-state index in [-0.39, 0.29) is 5.41 Å². The van der Waals surface area contributed by atoms with Crippen LogP contribution in [0.25, 0.3) is 56.4 Å². The fourth-order valence-electron chi connectivity index (χ4n) is 8.74. The van der Waals surface area contributed by atoms with Crippen LogP contribution in [-0.2, 0) is 5.41 Å². The third-order valence-electron chi connectivity index (χ3n) is 10.8. The zero-order valence-electron chi connectivity index (χ0n) is 28.2. The lowest BCUT2D eigenvalue weighted by Gasteiger charge is -2.47. The Balaban J connectivity index is 1.17. The van der Waals surface area contributed by atoms with Crippen LogP contribution in [0.1, 0.15) is 57.1 Å². The van der Waals surface area contributed by atoms with Crippen molar-refractivity contribution in [1.29, 1.82) is 5.26 Å². The first-order chi connectivity index (χ1) is 23.9. The second-order valence-corrected chi connectivity index (χ2v) is 14.6. The lowest BCUT2D eigenvalue weighted by atomic mass is 9.57. The number of hydrogen-bond acceptors (Lipinski definition) is 4. The Morgan fingerprint density at radius 1 is 0.551 bits per heavy atom. The van der Waals surface area contributed by atoms with Gasteiger partial charge < -0.3 is 0 Å². The predicted molar refractivity (Wildman–Crippen MR) is 198 cm³/mol. The Morgan fingerprint density at radius 2 is 1.06 bits per heavy atom. The normalized spacial score (nSPS) is 21.5. The minimum Gasteiger partial charge on any atom is -0.208 e. The van der Waals surface area contributed by atoms with Crippen LogP contribution in [0.3, 0.4) is 0 Å². The molecule has 0 radical (unpaired) electrons.